The van der Waals surface area contributed by atoms with Crippen molar-refractivity contribution >= 4 is 11.1 Å². The van der Waals surface area contributed by atoms with Crippen LogP contribution in [0, 0.1) is 11.2 Å². The van der Waals surface area contributed by atoms with Gasteiger partial charge >= 0.3 is 18.9 Å². The predicted molar refractivity (Wildman–Crippen MR) is 48.8 cm³/mol. The molecule has 0 heterocycles. The summed E-state index contributed by atoms with van der Waals surface area (Å²) in [5.41, 5.74) is 0.644. The van der Waals surface area contributed by atoms with Crippen LogP contribution in [0.5, 0.6) is 5.75 Å². The molecule has 5 heteroatoms. The van der Waals surface area contributed by atoms with Crippen molar-refractivity contribution in [2.24, 2.45) is 0 Å². The van der Waals surface area contributed by atoms with Crippen LogP contribution in [-0.2, 0) is 11.1 Å². The van der Waals surface area contributed by atoms with Crippen LogP contribution in [-0.4, -0.2) is 15.9 Å². The summed E-state index contributed by atoms with van der Waals surface area (Å²) in [4.78, 5) is 0. The first-order valence-corrected chi connectivity index (χ1v) is 4.55. The number of hydrogen-bond acceptors (Lipinski definition) is 3. The zero-order chi connectivity index (χ0) is 9.68. The number of benzene rings is 1. The Morgan fingerprint density at radius 3 is 2.36 bits per heavy atom. The van der Waals surface area contributed by atoms with E-state index in [4.69, 9.17) is 4.74 Å². The second kappa shape index (κ2) is 6.70. The summed E-state index contributed by atoms with van der Waals surface area (Å²) in [6.07, 6.45) is 0. The standard InChI is InChI=1S/C9H8O3S.Li/c1-12-9-4-2-8(3-5-9)6-7-13(10)11;/h2-5H,1H3,(H,10,11);/q;+1/p-1. The molecule has 0 aromatic heterocycles. The van der Waals surface area contributed by atoms with Gasteiger partial charge in [0.2, 0.25) is 0 Å². The Hall–Kier alpha value is -0.713. The summed E-state index contributed by atoms with van der Waals surface area (Å²) in [5.74, 6) is 3.19. The third kappa shape index (κ3) is 4.50. The first-order valence-electron chi connectivity index (χ1n) is 3.47. The monoisotopic (exact) mass is 202 g/mol. The summed E-state index contributed by atoms with van der Waals surface area (Å²) < 4.78 is 25.1. The maximum atomic E-state index is 10.1. The molecule has 68 valence electrons. The molecule has 0 saturated carbocycles. The zero-order valence-electron chi connectivity index (χ0n) is 7.94. The van der Waals surface area contributed by atoms with Gasteiger partial charge in [-0.15, -0.1) is 0 Å². The zero-order valence-corrected chi connectivity index (χ0v) is 8.76. The Kier molecular flexibility index (Phi) is 6.36. The minimum Gasteiger partial charge on any atom is -0.762 e. The molecule has 3 nitrogen and oxygen atoms in total. The molecular weight excluding hydrogens is 195 g/mol. The third-order valence-corrected chi connectivity index (χ3v) is 1.64. The average Bonchev–Trinajstić information content (AvgIpc) is 2.15. The van der Waals surface area contributed by atoms with E-state index in [1.807, 2.05) is 5.25 Å². The topological polar surface area (TPSA) is 49.4 Å². The summed E-state index contributed by atoms with van der Waals surface area (Å²) in [6.45, 7) is 0. The van der Waals surface area contributed by atoms with Gasteiger partial charge in [0, 0.05) is 16.6 Å². The molecule has 0 fully saturated rings. The minimum absolute atomic E-state index is 0. The van der Waals surface area contributed by atoms with Gasteiger partial charge in [-0.2, -0.15) is 0 Å². The van der Waals surface area contributed by atoms with Crippen molar-refractivity contribution in [3.05, 3.63) is 29.8 Å². The molecule has 1 aromatic rings. The maximum Gasteiger partial charge on any atom is 1.00 e. The molecule has 0 amide bonds. The number of rotatable bonds is 1. The SMILES string of the molecule is COc1ccc(C#CS(=O)[O-])cc1.[Li+]. The van der Waals surface area contributed by atoms with Crippen LogP contribution in [0.4, 0.5) is 0 Å². The fraction of sp³-hybridized carbons (Fsp3) is 0.111. The molecule has 0 saturated heterocycles. The van der Waals surface area contributed by atoms with E-state index in [1.165, 1.54) is 0 Å². The molecular formula is C9H7LiO3S. The van der Waals surface area contributed by atoms with Crippen molar-refractivity contribution < 1.29 is 32.4 Å². The van der Waals surface area contributed by atoms with E-state index in [9.17, 15) is 8.76 Å². The summed E-state index contributed by atoms with van der Waals surface area (Å²) in [6, 6.07) is 6.83. The van der Waals surface area contributed by atoms with E-state index in [0.29, 0.717) is 11.3 Å². The number of hydrogen-bond donors (Lipinski definition) is 0. The van der Waals surface area contributed by atoms with Gasteiger partial charge in [0.05, 0.1) is 7.11 Å². The minimum atomic E-state index is -2.32. The maximum absolute atomic E-state index is 10.1. The van der Waals surface area contributed by atoms with Crippen LogP contribution in [0.15, 0.2) is 24.3 Å². The van der Waals surface area contributed by atoms with E-state index in [2.05, 4.69) is 5.92 Å². The fourth-order valence-corrected chi connectivity index (χ4v) is 0.976. The molecule has 1 atom stereocenters. The smallest absolute Gasteiger partial charge is 0.762 e. The average molecular weight is 202 g/mol. The molecule has 1 rings (SSSR count). The number of methoxy groups -OCH3 is 1. The van der Waals surface area contributed by atoms with E-state index in [1.54, 1.807) is 31.4 Å². The van der Waals surface area contributed by atoms with Gasteiger partial charge in [0.25, 0.3) is 0 Å². The van der Waals surface area contributed by atoms with Crippen molar-refractivity contribution in [2.75, 3.05) is 7.11 Å². The van der Waals surface area contributed by atoms with Gasteiger partial charge in [-0.1, -0.05) is 5.92 Å². The first kappa shape index (κ1) is 13.3. The van der Waals surface area contributed by atoms with Crippen molar-refractivity contribution in [1.29, 1.82) is 0 Å². The van der Waals surface area contributed by atoms with E-state index in [-0.39, 0.29) is 18.9 Å². The predicted octanol–water partition coefficient (Wildman–Crippen LogP) is -2.11. The van der Waals surface area contributed by atoms with Crippen molar-refractivity contribution in [3.8, 4) is 16.9 Å². The van der Waals surface area contributed by atoms with Crippen LogP contribution in [0.2, 0.25) is 0 Å². The second-order valence-corrected chi connectivity index (χ2v) is 2.86. The van der Waals surface area contributed by atoms with Gasteiger partial charge in [-0.05, 0) is 29.5 Å². The van der Waals surface area contributed by atoms with Gasteiger partial charge < -0.3 is 9.29 Å². The van der Waals surface area contributed by atoms with Gasteiger partial charge in [0.15, 0.2) is 0 Å². The van der Waals surface area contributed by atoms with Crippen molar-refractivity contribution in [1.82, 2.24) is 0 Å². The molecule has 0 radical (unpaired) electrons. The van der Waals surface area contributed by atoms with Crippen molar-refractivity contribution in [3.63, 3.8) is 0 Å². The van der Waals surface area contributed by atoms with E-state index >= 15 is 0 Å². The van der Waals surface area contributed by atoms with Crippen LogP contribution in [0.25, 0.3) is 0 Å². The van der Waals surface area contributed by atoms with Crippen molar-refractivity contribution in [2.45, 2.75) is 0 Å². The van der Waals surface area contributed by atoms with E-state index in [0.717, 1.165) is 0 Å². The summed E-state index contributed by atoms with van der Waals surface area (Å²) in [5, 5.41) is 2.03. The molecule has 0 bridgehead atoms. The quantitative estimate of drug-likeness (QED) is 0.297. The molecule has 0 spiro atoms. The second-order valence-electron chi connectivity index (χ2n) is 2.19. The molecule has 0 aliphatic heterocycles. The van der Waals surface area contributed by atoms with Crippen LogP contribution in [0.1, 0.15) is 5.56 Å². The van der Waals surface area contributed by atoms with Crippen LogP contribution in [0.3, 0.4) is 0 Å². The third-order valence-electron chi connectivity index (χ3n) is 1.37. The van der Waals surface area contributed by atoms with Crippen LogP contribution < -0.4 is 23.6 Å². The molecule has 1 unspecified atom stereocenters. The Morgan fingerprint density at radius 1 is 1.36 bits per heavy atom. The van der Waals surface area contributed by atoms with Gasteiger partial charge in [0.1, 0.15) is 5.75 Å². The largest absolute Gasteiger partial charge is 1.00 e. The first-order chi connectivity index (χ1) is 6.22. The summed E-state index contributed by atoms with van der Waals surface area (Å²) >= 11 is -2.32. The van der Waals surface area contributed by atoms with E-state index < -0.39 is 11.1 Å². The Bertz CT molecular complexity index is 364. The fourth-order valence-electron chi connectivity index (χ4n) is 0.775. The normalized spacial score (nSPS) is 10.4. The Labute approximate surface area is 97.3 Å². The Balaban J connectivity index is 0.00000169. The van der Waals surface area contributed by atoms with Gasteiger partial charge in [-0.25, -0.2) is 0 Å². The molecule has 0 N–H and O–H groups in total. The molecule has 0 aliphatic carbocycles. The molecule has 14 heavy (non-hydrogen) atoms. The summed E-state index contributed by atoms with van der Waals surface area (Å²) in [7, 11) is 1.56. The van der Waals surface area contributed by atoms with Gasteiger partial charge in [-0.3, -0.25) is 4.21 Å². The number of ether oxygens (including phenoxy) is 1. The Morgan fingerprint density at radius 2 is 1.93 bits per heavy atom. The molecule has 1 aromatic carbocycles. The van der Waals surface area contributed by atoms with Crippen LogP contribution >= 0.6 is 0 Å². The molecule has 0 aliphatic rings.